The van der Waals surface area contributed by atoms with Crippen molar-refractivity contribution in [2.45, 2.75) is 32.7 Å². The van der Waals surface area contributed by atoms with Crippen molar-refractivity contribution in [2.75, 3.05) is 6.54 Å². The number of hydrogen-bond donors (Lipinski definition) is 1. The van der Waals surface area contributed by atoms with Crippen LogP contribution in [-0.4, -0.2) is 16.7 Å². The van der Waals surface area contributed by atoms with E-state index >= 15 is 0 Å². The molecule has 100 valence electrons. The van der Waals surface area contributed by atoms with Crippen molar-refractivity contribution >= 4 is 0 Å². The smallest absolute Gasteiger partial charge is 0.244 e. The van der Waals surface area contributed by atoms with E-state index < -0.39 is 0 Å². The minimum atomic E-state index is 0.194. The quantitative estimate of drug-likeness (QED) is 0.898. The molecule has 1 saturated heterocycles. The molecular formula is C15H19N3O. The molecule has 4 heteroatoms. The highest BCUT2D eigenvalue weighted by Crippen LogP contribution is 2.29. The lowest BCUT2D eigenvalue weighted by Gasteiger charge is -2.26. The molecule has 0 radical (unpaired) electrons. The van der Waals surface area contributed by atoms with Gasteiger partial charge in [0.2, 0.25) is 11.7 Å². The number of hydrogen-bond acceptors (Lipinski definition) is 4. The summed E-state index contributed by atoms with van der Waals surface area (Å²) in [7, 11) is 0. The zero-order valence-corrected chi connectivity index (χ0v) is 11.4. The second-order valence-corrected chi connectivity index (χ2v) is 5.38. The summed E-state index contributed by atoms with van der Waals surface area (Å²) in [5.41, 5.74) is 2.21. The maximum absolute atomic E-state index is 5.45. The molecule has 19 heavy (non-hydrogen) atoms. The van der Waals surface area contributed by atoms with Crippen LogP contribution in [0.5, 0.6) is 0 Å². The van der Waals surface area contributed by atoms with E-state index in [9.17, 15) is 0 Å². The van der Waals surface area contributed by atoms with Crippen LogP contribution in [0.4, 0.5) is 0 Å². The van der Waals surface area contributed by atoms with Gasteiger partial charge < -0.3 is 9.84 Å². The number of rotatable bonds is 2. The van der Waals surface area contributed by atoms with Gasteiger partial charge in [-0.05, 0) is 38.3 Å². The number of piperidine rings is 1. The first-order chi connectivity index (χ1) is 9.24. The van der Waals surface area contributed by atoms with Crippen LogP contribution < -0.4 is 5.32 Å². The fourth-order valence-corrected chi connectivity index (χ4v) is 2.64. The van der Waals surface area contributed by atoms with E-state index in [1.165, 1.54) is 18.4 Å². The molecule has 1 aromatic carbocycles. The molecule has 3 rings (SSSR count). The van der Waals surface area contributed by atoms with Gasteiger partial charge >= 0.3 is 0 Å². The monoisotopic (exact) mass is 257 g/mol. The maximum Gasteiger partial charge on any atom is 0.244 e. The van der Waals surface area contributed by atoms with Crippen LogP contribution in [0.1, 0.15) is 37.3 Å². The first kappa shape index (κ1) is 12.4. The van der Waals surface area contributed by atoms with Crippen molar-refractivity contribution in [3.8, 4) is 11.4 Å². The molecule has 1 aliphatic heterocycles. The Labute approximate surface area is 113 Å². The molecule has 2 unspecified atom stereocenters. The highest BCUT2D eigenvalue weighted by molar-refractivity contribution is 5.55. The fourth-order valence-electron chi connectivity index (χ4n) is 2.64. The van der Waals surface area contributed by atoms with Gasteiger partial charge in [0, 0.05) is 5.56 Å². The predicted octanol–water partition coefficient (Wildman–Crippen LogP) is 3.11. The molecule has 1 aromatic heterocycles. The molecule has 1 aliphatic rings. The molecule has 0 amide bonds. The predicted molar refractivity (Wildman–Crippen MR) is 73.6 cm³/mol. The lowest BCUT2D eigenvalue weighted by molar-refractivity contribution is 0.239. The van der Waals surface area contributed by atoms with E-state index in [0.29, 0.717) is 17.6 Å². The van der Waals surface area contributed by atoms with E-state index in [0.717, 1.165) is 12.1 Å². The summed E-state index contributed by atoms with van der Waals surface area (Å²) in [6.45, 7) is 5.32. The maximum atomic E-state index is 5.45. The first-order valence-electron chi connectivity index (χ1n) is 6.88. The second kappa shape index (κ2) is 5.13. The van der Waals surface area contributed by atoms with E-state index in [1.54, 1.807) is 0 Å². The van der Waals surface area contributed by atoms with Crippen molar-refractivity contribution < 1.29 is 4.52 Å². The van der Waals surface area contributed by atoms with Gasteiger partial charge in [-0.15, -0.1) is 0 Å². The van der Waals surface area contributed by atoms with Crippen LogP contribution in [0.3, 0.4) is 0 Å². The molecule has 0 spiro atoms. The normalized spacial score (nSPS) is 23.5. The summed E-state index contributed by atoms with van der Waals surface area (Å²) < 4.78 is 5.45. The van der Waals surface area contributed by atoms with Gasteiger partial charge in [-0.3, -0.25) is 0 Å². The van der Waals surface area contributed by atoms with E-state index in [-0.39, 0.29) is 6.04 Å². The molecule has 1 fully saturated rings. The van der Waals surface area contributed by atoms with Gasteiger partial charge in [0.05, 0.1) is 6.04 Å². The van der Waals surface area contributed by atoms with Crippen molar-refractivity contribution in [3.05, 3.63) is 35.7 Å². The summed E-state index contributed by atoms with van der Waals surface area (Å²) in [5.74, 6) is 1.93. The summed E-state index contributed by atoms with van der Waals surface area (Å²) >= 11 is 0. The number of aryl methyl sites for hydroxylation is 1. The Morgan fingerprint density at radius 2 is 2.26 bits per heavy atom. The Bertz CT molecular complexity index is 564. The molecule has 0 aliphatic carbocycles. The highest BCUT2D eigenvalue weighted by Gasteiger charge is 2.27. The van der Waals surface area contributed by atoms with Crippen LogP contribution in [0.15, 0.2) is 28.8 Å². The summed E-state index contributed by atoms with van der Waals surface area (Å²) in [6, 6.07) is 8.36. The van der Waals surface area contributed by atoms with Crippen LogP contribution in [0.2, 0.25) is 0 Å². The lowest BCUT2D eigenvalue weighted by Crippen LogP contribution is -2.33. The minimum absolute atomic E-state index is 0.194. The third-order valence-electron chi connectivity index (χ3n) is 3.75. The molecule has 2 aromatic rings. The van der Waals surface area contributed by atoms with Crippen LogP contribution in [0.25, 0.3) is 11.4 Å². The van der Waals surface area contributed by atoms with Gasteiger partial charge in [-0.2, -0.15) is 4.98 Å². The summed E-state index contributed by atoms with van der Waals surface area (Å²) in [5, 5.41) is 7.58. The Hall–Kier alpha value is -1.68. The topological polar surface area (TPSA) is 51.0 Å². The number of aromatic nitrogens is 2. The SMILES string of the molecule is Cc1cccc(-c2noc(C3NCCCC3C)n2)c1. The third-order valence-corrected chi connectivity index (χ3v) is 3.75. The van der Waals surface area contributed by atoms with Gasteiger partial charge in [0.15, 0.2) is 0 Å². The van der Waals surface area contributed by atoms with E-state index in [4.69, 9.17) is 4.52 Å². The second-order valence-electron chi connectivity index (χ2n) is 5.38. The Morgan fingerprint density at radius 3 is 3.05 bits per heavy atom. The average molecular weight is 257 g/mol. The highest BCUT2D eigenvalue weighted by atomic mass is 16.5. The summed E-state index contributed by atoms with van der Waals surface area (Å²) in [4.78, 5) is 4.56. The zero-order chi connectivity index (χ0) is 13.2. The number of benzene rings is 1. The van der Waals surface area contributed by atoms with E-state index in [1.807, 2.05) is 12.1 Å². The van der Waals surface area contributed by atoms with Crippen molar-refractivity contribution in [1.82, 2.24) is 15.5 Å². The van der Waals surface area contributed by atoms with Crippen molar-refractivity contribution in [2.24, 2.45) is 5.92 Å². The fraction of sp³-hybridized carbons (Fsp3) is 0.467. The minimum Gasteiger partial charge on any atom is -0.337 e. The Kier molecular flexibility index (Phi) is 3.34. The number of nitrogens with one attached hydrogen (secondary N) is 1. The molecule has 0 saturated carbocycles. The van der Waals surface area contributed by atoms with Gasteiger partial charge in [0.1, 0.15) is 0 Å². The standard InChI is InChI=1S/C15H19N3O/c1-10-5-3-7-12(9-10)14-17-15(19-18-14)13-11(2)6-4-8-16-13/h3,5,7,9,11,13,16H,4,6,8H2,1-2H3. The van der Waals surface area contributed by atoms with Crippen LogP contribution >= 0.6 is 0 Å². The molecular weight excluding hydrogens is 238 g/mol. The molecule has 2 heterocycles. The number of nitrogens with zero attached hydrogens (tertiary/aromatic N) is 2. The summed E-state index contributed by atoms with van der Waals surface area (Å²) in [6.07, 6.45) is 2.43. The third kappa shape index (κ3) is 2.54. The van der Waals surface area contributed by atoms with E-state index in [2.05, 4.69) is 41.4 Å². The first-order valence-corrected chi connectivity index (χ1v) is 6.88. The molecule has 0 bridgehead atoms. The average Bonchev–Trinajstić information content (AvgIpc) is 2.89. The largest absolute Gasteiger partial charge is 0.337 e. The zero-order valence-electron chi connectivity index (χ0n) is 11.4. The van der Waals surface area contributed by atoms with Crippen molar-refractivity contribution in [1.29, 1.82) is 0 Å². The lowest BCUT2D eigenvalue weighted by atomic mass is 9.93. The Morgan fingerprint density at radius 1 is 1.37 bits per heavy atom. The van der Waals surface area contributed by atoms with Crippen molar-refractivity contribution in [3.63, 3.8) is 0 Å². The van der Waals surface area contributed by atoms with Gasteiger partial charge in [0.25, 0.3) is 0 Å². The molecule has 4 nitrogen and oxygen atoms in total. The van der Waals surface area contributed by atoms with Crippen LogP contribution in [0, 0.1) is 12.8 Å². The van der Waals surface area contributed by atoms with Gasteiger partial charge in [-0.25, -0.2) is 0 Å². The Balaban J connectivity index is 1.86. The van der Waals surface area contributed by atoms with Crippen LogP contribution in [-0.2, 0) is 0 Å². The molecule has 2 atom stereocenters. The van der Waals surface area contributed by atoms with Gasteiger partial charge in [-0.1, -0.05) is 35.8 Å². The molecule has 1 N–H and O–H groups in total.